The minimum absolute atomic E-state index is 0.143. The van der Waals surface area contributed by atoms with Gasteiger partial charge in [-0.25, -0.2) is 4.79 Å². The predicted molar refractivity (Wildman–Crippen MR) is 76.6 cm³/mol. The van der Waals surface area contributed by atoms with Gasteiger partial charge in [0, 0.05) is 0 Å². The molecule has 0 aliphatic carbocycles. The quantitative estimate of drug-likeness (QED) is 0.883. The lowest BCUT2D eigenvalue weighted by Gasteiger charge is -2.06. The normalized spacial score (nSPS) is 9.67. The highest BCUT2D eigenvalue weighted by molar-refractivity contribution is 7.14. The Morgan fingerprint density at radius 2 is 2.00 bits per heavy atom. The summed E-state index contributed by atoms with van der Waals surface area (Å²) in [6, 6.07) is 9.32. The molecule has 0 saturated carbocycles. The summed E-state index contributed by atoms with van der Waals surface area (Å²) in [4.78, 5) is 22.4. The van der Waals surface area contributed by atoms with Crippen LogP contribution in [-0.4, -0.2) is 23.6 Å². The summed E-state index contributed by atoms with van der Waals surface area (Å²) in [5.74, 6) is -1.03. The maximum absolute atomic E-state index is 11.7. The van der Waals surface area contributed by atoms with Crippen molar-refractivity contribution in [3.63, 3.8) is 0 Å². The first-order chi connectivity index (χ1) is 10.1. The van der Waals surface area contributed by atoms with Crippen LogP contribution in [0.4, 0.5) is 5.00 Å². The van der Waals surface area contributed by atoms with Crippen molar-refractivity contribution in [3.05, 3.63) is 46.8 Å². The van der Waals surface area contributed by atoms with Crippen molar-refractivity contribution < 1.29 is 19.4 Å². The zero-order valence-corrected chi connectivity index (χ0v) is 11.5. The van der Waals surface area contributed by atoms with Gasteiger partial charge in [-0.3, -0.25) is 4.79 Å². The number of nitrogens with one attached hydrogen (secondary N) is 1. The van der Waals surface area contributed by atoms with Gasteiger partial charge < -0.3 is 15.2 Å². The standard InChI is InChI=1S/C14H10N2O4S/c15-7-10-5-6-21-13(10)16-12(17)8-20-11-3-1-9(2-4-11)14(18)19/h1-6H,8H2,(H,16,17)(H,18,19). The fraction of sp³-hybridized carbons (Fsp3) is 0.0714. The molecule has 21 heavy (non-hydrogen) atoms. The number of ether oxygens (including phenoxy) is 1. The van der Waals surface area contributed by atoms with Gasteiger partial charge in [-0.15, -0.1) is 11.3 Å². The molecule has 0 radical (unpaired) electrons. The Kier molecular flexibility index (Phi) is 4.53. The molecule has 2 N–H and O–H groups in total. The number of amides is 1. The molecule has 1 heterocycles. The Morgan fingerprint density at radius 3 is 2.62 bits per heavy atom. The molecule has 1 aromatic carbocycles. The number of carbonyl (C=O) groups is 2. The van der Waals surface area contributed by atoms with Crippen molar-refractivity contribution in [1.82, 2.24) is 0 Å². The second kappa shape index (κ2) is 6.54. The maximum Gasteiger partial charge on any atom is 0.335 e. The lowest BCUT2D eigenvalue weighted by molar-refractivity contribution is -0.118. The number of nitriles is 1. The Hall–Kier alpha value is -2.85. The average Bonchev–Trinajstić information content (AvgIpc) is 2.92. The van der Waals surface area contributed by atoms with Crippen LogP contribution < -0.4 is 10.1 Å². The van der Waals surface area contributed by atoms with E-state index in [2.05, 4.69) is 5.32 Å². The molecule has 0 atom stereocenters. The summed E-state index contributed by atoms with van der Waals surface area (Å²) >= 11 is 1.25. The molecule has 7 heteroatoms. The molecule has 0 saturated heterocycles. The van der Waals surface area contributed by atoms with Gasteiger partial charge in [-0.1, -0.05) is 0 Å². The molecular formula is C14H10N2O4S. The highest BCUT2D eigenvalue weighted by atomic mass is 32.1. The van der Waals surface area contributed by atoms with E-state index < -0.39 is 11.9 Å². The molecule has 0 unspecified atom stereocenters. The summed E-state index contributed by atoms with van der Waals surface area (Å²) in [7, 11) is 0. The first kappa shape index (κ1) is 14.6. The molecule has 0 aliphatic heterocycles. The van der Waals surface area contributed by atoms with Gasteiger partial charge in [0.05, 0.1) is 11.1 Å². The molecule has 0 fully saturated rings. The van der Waals surface area contributed by atoms with E-state index in [1.807, 2.05) is 6.07 Å². The molecule has 2 aromatic rings. The second-order valence-electron chi connectivity index (χ2n) is 3.94. The van der Waals surface area contributed by atoms with Crippen molar-refractivity contribution in [2.24, 2.45) is 0 Å². The van der Waals surface area contributed by atoms with Gasteiger partial charge in [0.2, 0.25) is 0 Å². The molecule has 1 aromatic heterocycles. The number of nitrogens with zero attached hydrogens (tertiary/aromatic N) is 1. The third-order valence-corrected chi connectivity index (χ3v) is 3.34. The summed E-state index contributed by atoms with van der Waals surface area (Å²) in [5, 5.41) is 22.3. The molecule has 2 rings (SSSR count). The van der Waals surface area contributed by atoms with Crippen LogP contribution in [-0.2, 0) is 4.79 Å². The van der Waals surface area contributed by atoms with E-state index in [-0.39, 0.29) is 12.2 Å². The molecule has 0 aliphatic rings. The topological polar surface area (TPSA) is 99.4 Å². The van der Waals surface area contributed by atoms with Crippen molar-refractivity contribution in [1.29, 1.82) is 5.26 Å². The van der Waals surface area contributed by atoms with E-state index in [1.165, 1.54) is 35.6 Å². The lowest BCUT2D eigenvalue weighted by atomic mass is 10.2. The van der Waals surface area contributed by atoms with Crippen molar-refractivity contribution in [2.75, 3.05) is 11.9 Å². The van der Waals surface area contributed by atoms with E-state index in [9.17, 15) is 9.59 Å². The number of carbonyl (C=O) groups excluding carboxylic acids is 1. The van der Waals surface area contributed by atoms with Gasteiger partial charge >= 0.3 is 5.97 Å². The van der Waals surface area contributed by atoms with Gasteiger partial charge in [-0.2, -0.15) is 5.26 Å². The monoisotopic (exact) mass is 302 g/mol. The Morgan fingerprint density at radius 1 is 1.29 bits per heavy atom. The average molecular weight is 302 g/mol. The Bertz CT molecular complexity index is 701. The van der Waals surface area contributed by atoms with Gasteiger partial charge in [0.15, 0.2) is 6.61 Å². The first-order valence-electron chi connectivity index (χ1n) is 5.84. The third-order valence-electron chi connectivity index (χ3n) is 2.51. The molecule has 6 nitrogen and oxygen atoms in total. The van der Waals surface area contributed by atoms with Crippen LogP contribution in [0.15, 0.2) is 35.7 Å². The second-order valence-corrected chi connectivity index (χ2v) is 4.86. The number of benzene rings is 1. The number of hydrogen-bond acceptors (Lipinski definition) is 5. The van der Waals surface area contributed by atoms with E-state index >= 15 is 0 Å². The highest BCUT2D eigenvalue weighted by Crippen LogP contribution is 2.22. The molecule has 106 valence electrons. The van der Waals surface area contributed by atoms with Crippen LogP contribution in [0.2, 0.25) is 0 Å². The molecule has 0 bridgehead atoms. The first-order valence-corrected chi connectivity index (χ1v) is 6.71. The highest BCUT2D eigenvalue weighted by Gasteiger charge is 2.09. The van der Waals surface area contributed by atoms with E-state index in [4.69, 9.17) is 15.1 Å². The van der Waals surface area contributed by atoms with Crippen molar-refractivity contribution >= 4 is 28.2 Å². The number of carboxylic acids is 1. The van der Waals surface area contributed by atoms with Crippen LogP contribution in [0, 0.1) is 11.3 Å². The van der Waals surface area contributed by atoms with Gasteiger partial charge in [0.25, 0.3) is 5.91 Å². The number of hydrogen-bond donors (Lipinski definition) is 2. The fourth-order valence-electron chi connectivity index (χ4n) is 1.50. The number of thiophene rings is 1. The van der Waals surface area contributed by atoms with Gasteiger partial charge in [-0.05, 0) is 35.7 Å². The third kappa shape index (κ3) is 3.81. The Balaban J connectivity index is 1.89. The minimum Gasteiger partial charge on any atom is -0.484 e. The minimum atomic E-state index is -1.03. The number of aromatic carboxylic acids is 1. The van der Waals surface area contributed by atoms with E-state index in [0.717, 1.165) is 0 Å². The van der Waals surface area contributed by atoms with E-state index in [1.54, 1.807) is 11.4 Å². The smallest absolute Gasteiger partial charge is 0.335 e. The zero-order chi connectivity index (χ0) is 15.2. The summed E-state index contributed by atoms with van der Waals surface area (Å²) < 4.78 is 5.24. The van der Waals surface area contributed by atoms with Crippen LogP contribution in [0.5, 0.6) is 5.75 Å². The maximum atomic E-state index is 11.7. The summed E-state index contributed by atoms with van der Waals surface area (Å²) in [6.07, 6.45) is 0. The molecule has 0 spiro atoms. The molecular weight excluding hydrogens is 292 g/mol. The van der Waals surface area contributed by atoms with Gasteiger partial charge in [0.1, 0.15) is 16.8 Å². The Labute approximate surface area is 124 Å². The number of anilines is 1. The fourth-order valence-corrected chi connectivity index (χ4v) is 2.25. The largest absolute Gasteiger partial charge is 0.484 e. The number of rotatable bonds is 5. The van der Waals surface area contributed by atoms with E-state index in [0.29, 0.717) is 16.3 Å². The molecule has 1 amide bonds. The number of carboxylic acid groups (broad SMARTS) is 1. The van der Waals surface area contributed by atoms with Crippen molar-refractivity contribution in [3.8, 4) is 11.8 Å². The van der Waals surface area contributed by atoms with Crippen LogP contribution in [0.25, 0.3) is 0 Å². The summed E-state index contributed by atoms with van der Waals surface area (Å²) in [5.41, 5.74) is 0.545. The van der Waals surface area contributed by atoms with Crippen LogP contribution in [0.1, 0.15) is 15.9 Å². The predicted octanol–water partition coefficient (Wildman–Crippen LogP) is 2.34. The lowest BCUT2D eigenvalue weighted by Crippen LogP contribution is -2.20. The van der Waals surface area contributed by atoms with Crippen LogP contribution >= 0.6 is 11.3 Å². The zero-order valence-electron chi connectivity index (χ0n) is 10.7. The SMILES string of the molecule is N#Cc1ccsc1NC(=O)COc1ccc(C(=O)O)cc1. The summed E-state index contributed by atoms with van der Waals surface area (Å²) in [6.45, 7) is -0.227. The van der Waals surface area contributed by atoms with Crippen LogP contribution in [0.3, 0.4) is 0 Å². The van der Waals surface area contributed by atoms with Crippen molar-refractivity contribution in [2.45, 2.75) is 0 Å².